The van der Waals surface area contributed by atoms with Gasteiger partial charge < -0.3 is 15.0 Å². The van der Waals surface area contributed by atoms with E-state index in [4.69, 9.17) is 4.74 Å². The van der Waals surface area contributed by atoms with Gasteiger partial charge in [-0.2, -0.15) is 0 Å². The van der Waals surface area contributed by atoms with Crippen molar-refractivity contribution in [2.45, 2.75) is 38.8 Å². The molecule has 98 valence electrons. The van der Waals surface area contributed by atoms with E-state index in [-0.39, 0.29) is 5.91 Å². The first kappa shape index (κ1) is 12.8. The average molecular weight is 240 g/mol. The fraction of sp³-hybridized carbons (Fsp3) is 0.923. The zero-order valence-corrected chi connectivity index (χ0v) is 11.3. The van der Waals surface area contributed by atoms with Crippen LogP contribution in [0.2, 0.25) is 0 Å². The molecule has 0 spiro atoms. The third kappa shape index (κ3) is 1.97. The van der Waals surface area contributed by atoms with Gasteiger partial charge in [-0.05, 0) is 32.1 Å². The lowest BCUT2D eigenvalue weighted by Gasteiger charge is -2.34. The van der Waals surface area contributed by atoms with Gasteiger partial charge in [-0.15, -0.1) is 0 Å². The first-order chi connectivity index (χ1) is 8.03. The predicted molar refractivity (Wildman–Crippen MR) is 66.7 cm³/mol. The summed E-state index contributed by atoms with van der Waals surface area (Å²) in [5.41, 5.74) is -0.652. The summed E-state index contributed by atoms with van der Waals surface area (Å²) in [6.07, 6.45) is 0.721. The number of fused-ring (bicyclic) bond motifs is 1. The van der Waals surface area contributed by atoms with Gasteiger partial charge in [0.1, 0.15) is 5.60 Å². The Hall–Kier alpha value is -0.610. The highest BCUT2D eigenvalue weighted by Crippen LogP contribution is 2.34. The monoisotopic (exact) mass is 240 g/mol. The summed E-state index contributed by atoms with van der Waals surface area (Å²) >= 11 is 0. The molecule has 0 saturated carbocycles. The minimum atomic E-state index is -0.652. The van der Waals surface area contributed by atoms with E-state index < -0.39 is 5.60 Å². The van der Waals surface area contributed by atoms with Crippen molar-refractivity contribution in [1.29, 1.82) is 0 Å². The van der Waals surface area contributed by atoms with Gasteiger partial charge in [0.2, 0.25) is 0 Å². The molecule has 4 heteroatoms. The maximum Gasteiger partial charge on any atom is 0.254 e. The molecule has 2 aliphatic rings. The van der Waals surface area contributed by atoms with E-state index in [0.29, 0.717) is 17.9 Å². The molecule has 0 aliphatic carbocycles. The van der Waals surface area contributed by atoms with Crippen LogP contribution in [0, 0.1) is 11.8 Å². The highest BCUT2D eigenvalue weighted by molar-refractivity contribution is 5.85. The van der Waals surface area contributed by atoms with Crippen LogP contribution < -0.4 is 5.32 Å². The average Bonchev–Trinajstić information content (AvgIpc) is 2.91. The zero-order valence-electron chi connectivity index (χ0n) is 11.3. The molecule has 0 aromatic carbocycles. The second kappa shape index (κ2) is 4.58. The third-order valence-electron chi connectivity index (χ3n) is 4.77. The number of carbonyl (C=O) groups is 1. The number of rotatable bonds is 3. The van der Waals surface area contributed by atoms with Gasteiger partial charge in [-0.1, -0.05) is 6.92 Å². The number of ether oxygens (including phenoxy) is 1. The van der Waals surface area contributed by atoms with Crippen molar-refractivity contribution in [2.75, 3.05) is 26.7 Å². The Morgan fingerprint density at radius 2 is 2.24 bits per heavy atom. The lowest BCUT2D eigenvalue weighted by atomic mass is 9.95. The lowest BCUT2D eigenvalue weighted by Crippen LogP contribution is -2.50. The fourth-order valence-corrected chi connectivity index (χ4v) is 3.12. The van der Waals surface area contributed by atoms with Gasteiger partial charge in [0.05, 0.1) is 0 Å². The summed E-state index contributed by atoms with van der Waals surface area (Å²) in [7, 11) is 1.63. The summed E-state index contributed by atoms with van der Waals surface area (Å²) in [5, 5.41) is 3.41. The van der Waals surface area contributed by atoms with Crippen LogP contribution in [0.25, 0.3) is 0 Å². The van der Waals surface area contributed by atoms with Gasteiger partial charge in [-0.25, -0.2) is 0 Å². The molecule has 0 radical (unpaired) electrons. The van der Waals surface area contributed by atoms with Crippen LogP contribution in [0.15, 0.2) is 0 Å². The Morgan fingerprint density at radius 3 is 2.76 bits per heavy atom. The summed E-state index contributed by atoms with van der Waals surface area (Å²) in [6.45, 7) is 9.05. The molecule has 2 aliphatic heterocycles. The van der Waals surface area contributed by atoms with Crippen LogP contribution >= 0.6 is 0 Å². The van der Waals surface area contributed by atoms with Gasteiger partial charge in [0.25, 0.3) is 5.91 Å². The maximum absolute atomic E-state index is 12.6. The quantitative estimate of drug-likeness (QED) is 0.796. The number of hydrogen-bond acceptors (Lipinski definition) is 3. The minimum Gasteiger partial charge on any atom is -0.369 e. The molecule has 4 unspecified atom stereocenters. The Labute approximate surface area is 104 Å². The molecule has 2 fully saturated rings. The smallest absolute Gasteiger partial charge is 0.254 e. The number of nitrogens with one attached hydrogen (secondary N) is 1. The van der Waals surface area contributed by atoms with Gasteiger partial charge in [0, 0.05) is 32.8 Å². The van der Waals surface area contributed by atoms with E-state index in [2.05, 4.69) is 12.2 Å². The van der Waals surface area contributed by atoms with Crippen LogP contribution in [0.3, 0.4) is 0 Å². The van der Waals surface area contributed by atoms with E-state index >= 15 is 0 Å². The highest BCUT2D eigenvalue weighted by atomic mass is 16.5. The first-order valence-electron chi connectivity index (χ1n) is 6.60. The molecule has 17 heavy (non-hydrogen) atoms. The molecule has 1 amide bonds. The molecule has 1 N–H and O–H groups in total. The number of hydrogen-bond donors (Lipinski definition) is 1. The van der Waals surface area contributed by atoms with Crippen LogP contribution in [-0.4, -0.2) is 49.2 Å². The third-order valence-corrected chi connectivity index (χ3v) is 4.77. The van der Waals surface area contributed by atoms with Crippen LogP contribution in [0.1, 0.15) is 27.2 Å². The first-order valence-corrected chi connectivity index (χ1v) is 6.60. The molecule has 2 heterocycles. The second-order valence-electron chi connectivity index (χ2n) is 5.57. The Kier molecular flexibility index (Phi) is 3.46. The van der Waals surface area contributed by atoms with Crippen molar-refractivity contribution >= 4 is 5.91 Å². The number of likely N-dealkylation sites (tertiary alicyclic amines) is 1. The molecule has 0 aromatic heterocycles. The summed E-state index contributed by atoms with van der Waals surface area (Å²) in [4.78, 5) is 14.6. The van der Waals surface area contributed by atoms with Crippen molar-refractivity contribution in [3.63, 3.8) is 0 Å². The minimum absolute atomic E-state index is 0.157. The van der Waals surface area contributed by atoms with Crippen LogP contribution in [0.5, 0.6) is 0 Å². The van der Waals surface area contributed by atoms with Crippen LogP contribution in [0.4, 0.5) is 0 Å². The second-order valence-corrected chi connectivity index (χ2v) is 5.57. The normalized spacial score (nSPS) is 35.8. The summed E-state index contributed by atoms with van der Waals surface area (Å²) in [5.74, 6) is 1.41. The fourth-order valence-electron chi connectivity index (χ4n) is 3.12. The Bertz CT molecular complexity index is 302. The number of methoxy groups -OCH3 is 1. The number of carbonyl (C=O) groups excluding carboxylic acids is 1. The molecular formula is C13H24N2O2. The van der Waals surface area contributed by atoms with Crippen molar-refractivity contribution in [2.24, 2.45) is 11.8 Å². The topological polar surface area (TPSA) is 41.6 Å². The van der Waals surface area contributed by atoms with E-state index in [1.54, 1.807) is 7.11 Å². The van der Waals surface area contributed by atoms with Crippen molar-refractivity contribution in [1.82, 2.24) is 10.2 Å². The molecule has 0 bridgehead atoms. The summed E-state index contributed by atoms with van der Waals surface area (Å²) < 4.78 is 5.42. The molecule has 4 atom stereocenters. The molecule has 4 nitrogen and oxygen atoms in total. The number of amides is 1. The number of nitrogens with zero attached hydrogens (tertiary/aromatic N) is 1. The van der Waals surface area contributed by atoms with Crippen LogP contribution in [-0.2, 0) is 9.53 Å². The Morgan fingerprint density at radius 1 is 1.53 bits per heavy atom. The van der Waals surface area contributed by atoms with E-state index in [9.17, 15) is 4.79 Å². The van der Waals surface area contributed by atoms with Gasteiger partial charge in [0.15, 0.2) is 0 Å². The van der Waals surface area contributed by atoms with E-state index in [1.807, 2.05) is 18.7 Å². The zero-order chi connectivity index (χ0) is 12.6. The Balaban J connectivity index is 2.11. The standard InChI is InChI=1S/C13H24N2O2/c1-5-13(3,17-4)12(16)15-8-10-6-14-7-11(10)9(15)2/h9-11,14H,5-8H2,1-4H3. The molecule has 0 aromatic rings. The van der Waals surface area contributed by atoms with E-state index in [0.717, 1.165) is 26.1 Å². The van der Waals surface area contributed by atoms with E-state index in [1.165, 1.54) is 0 Å². The summed E-state index contributed by atoms with van der Waals surface area (Å²) in [6, 6.07) is 0.337. The SMILES string of the molecule is CCC(C)(OC)C(=O)N1CC2CNCC2C1C. The van der Waals surface area contributed by atoms with Crippen molar-refractivity contribution in [3.05, 3.63) is 0 Å². The lowest BCUT2D eigenvalue weighted by molar-refractivity contribution is -0.154. The largest absolute Gasteiger partial charge is 0.369 e. The highest BCUT2D eigenvalue weighted by Gasteiger charge is 2.47. The maximum atomic E-state index is 12.6. The van der Waals surface area contributed by atoms with Crippen molar-refractivity contribution < 1.29 is 9.53 Å². The molecule has 2 rings (SSSR count). The van der Waals surface area contributed by atoms with Gasteiger partial charge >= 0.3 is 0 Å². The van der Waals surface area contributed by atoms with Gasteiger partial charge in [-0.3, -0.25) is 4.79 Å². The molecular weight excluding hydrogens is 216 g/mol. The van der Waals surface area contributed by atoms with Crippen molar-refractivity contribution in [3.8, 4) is 0 Å². The molecule has 2 saturated heterocycles. The predicted octanol–water partition coefficient (Wildman–Crippen LogP) is 0.868.